The zero-order valence-corrected chi connectivity index (χ0v) is 10.4. The van der Waals surface area contributed by atoms with Gasteiger partial charge in [0.1, 0.15) is 0 Å². The van der Waals surface area contributed by atoms with Crippen LogP contribution in [0.4, 0.5) is 0 Å². The second-order valence-electron chi connectivity index (χ2n) is 4.05. The SMILES string of the molecule is CCCC(COC)NCCCn1ccnc1. The van der Waals surface area contributed by atoms with E-state index in [4.69, 9.17) is 4.74 Å². The van der Waals surface area contributed by atoms with E-state index in [-0.39, 0.29) is 0 Å². The van der Waals surface area contributed by atoms with Gasteiger partial charge in [0.25, 0.3) is 0 Å². The molecule has 0 aliphatic carbocycles. The lowest BCUT2D eigenvalue weighted by molar-refractivity contribution is 0.162. The highest BCUT2D eigenvalue weighted by Gasteiger charge is 2.05. The minimum absolute atomic E-state index is 0.498. The van der Waals surface area contributed by atoms with Crippen molar-refractivity contribution in [2.75, 3.05) is 20.3 Å². The molecule has 0 saturated heterocycles. The lowest BCUT2D eigenvalue weighted by Crippen LogP contribution is -2.34. The van der Waals surface area contributed by atoms with Crippen LogP contribution >= 0.6 is 0 Å². The molecule has 92 valence electrons. The van der Waals surface area contributed by atoms with Gasteiger partial charge in [-0.15, -0.1) is 0 Å². The summed E-state index contributed by atoms with van der Waals surface area (Å²) in [7, 11) is 1.76. The first-order valence-electron chi connectivity index (χ1n) is 6.05. The van der Waals surface area contributed by atoms with Crippen LogP contribution in [0.1, 0.15) is 26.2 Å². The topological polar surface area (TPSA) is 39.1 Å². The highest BCUT2D eigenvalue weighted by atomic mass is 16.5. The molecule has 1 aromatic rings. The fraction of sp³-hybridized carbons (Fsp3) is 0.750. The summed E-state index contributed by atoms with van der Waals surface area (Å²) in [5, 5.41) is 3.53. The average molecular weight is 225 g/mol. The minimum atomic E-state index is 0.498. The van der Waals surface area contributed by atoms with E-state index in [9.17, 15) is 0 Å². The lowest BCUT2D eigenvalue weighted by atomic mass is 10.2. The quantitative estimate of drug-likeness (QED) is 0.650. The van der Waals surface area contributed by atoms with E-state index in [0.29, 0.717) is 6.04 Å². The number of nitrogens with one attached hydrogen (secondary N) is 1. The zero-order valence-electron chi connectivity index (χ0n) is 10.4. The van der Waals surface area contributed by atoms with E-state index in [2.05, 4.69) is 21.8 Å². The third-order valence-corrected chi connectivity index (χ3v) is 2.59. The fourth-order valence-corrected chi connectivity index (χ4v) is 1.78. The predicted octanol–water partition coefficient (Wildman–Crippen LogP) is 1.68. The first-order valence-corrected chi connectivity index (χ1v) is 6.05. The predicted molar refractivity (Wildman–Crippen MR) is 65.4 cm³/mol. The van der Waals surface area contributed by atoms with Gasteiger partial charge < -0.3 is 14.6 Å². The number of hydrogen-bond donors (Lipinski definition) is 1. The van der Waals surface area contributed by atoms with Crippen molar-refractivity contribution in [1.29, 1.82) is 0 Å². The van der Waals surface area contributed by atoms with Gasteiger partial charge in [-0.25, -0.2) is 4.98 Å². The monoisotopic (exact) mass is 225 g/mol. The van der Waals surface area contributed by atoms with Gasteiger partial charge in [0, 0.05) is 32.1 Å². The maximum absolute atomic E-state index is 5.18. The fourth-order valence-electron chi connectivity index (χ4n) is 1.78. The molecule has 1 rings (SSSR count). The van der Waals surface area contributed by atoms with Crippen LogP contribution in [-0.4, -0.2) is 35.9 Å². The Balaban J connectivity index is 2.08. The largest absolute Gasteiger partial charge is 0.383 e. The van der Waals surface area contributed by atoms with E-state index >= 15 is 0 Å². The number of aryl methyl sites for hydroxylation is 1. The van der Waals surface area contributed by atoms with E-state index in [0.717, 1.165) is 26.1 Å². The van der Waals surface area contributed by atoms with Crippen LogP contribution in [0.25, 0.3) is 0 Å². The number of hydrogen-bond acceptors (Lipinski definition) is 3. The van der Waals surface area contributed by atoms with Gasteiger partial charge in [0.15, 0.2) is 0 Å². The highest BCUT2D eigenvalue weighted by molar-refractivity contribution is 4.74. The molecule has 1 aromatic heterocycles. The Kier molecular flexibility index (Phi) is 6.85. The number of nitrogens with zero attached hydrogens (tertiary/aromatic N) is 2. The molecule has 4 nitrogen and oxygen atoms in total. The van der Waals surface area contributed by atoms with Gasteiger partial charge in [0.2, 0.25) is 0 Å². The van der Waals surface area contributed by atoms with Crippen LogP contribution < -0.4 is 5.32 Å². The molecule has 4 heteroatoms. The molecule has 0 bridgehead atoms. The number of imidazole rings is 1. The molecule has 1 atom stereocenters. The Morgan fingerprint density at radius 1 is 1.50 bits per heavy atom. The molecule has 1 heterocycles. The number of methoxy groups -OCH3 is 1. The molecule has 0 aromatic carbocycles. The smallest absolute Gasteiger partial charge is 0.0945 e. The van der Waals surface area contributed by atoms with Crippen molar-refractivity contribution in [2.45, 2.75) is 38.8 Å². The number of rotatable bonds is 9. The van der Waals surface area contributed by atoms with Crippen LogP contribution in [0, 0.1) is 0 Å². The van der Waals surface area contributed by atoms with Crippen LogP contribution in [0.5, 0.6) is 0 Å². The molecular weight excluding hydrogens is 202 g/mol. The zero-order chi connectivity index (χ0) is 11.6. The molecule has 1 unspecified atom stereocenters. The van der Waals surface area contributed by atoms with Crippen molar-refractivity contribution in [1.82, 2.24) is 14.9 Å². The molecule has 0 amide bonds. The van der Waals surface area contributed by atoms with Crippen LogP contribution in [0.15, 0.2) is 18.7 Å². The molecule has 0 saturated carbocycles. The van der Waals surface area contributed by atoms with Crippen molar-refractivity contribution < 1.29 is 4.74 Å². The van der Waals surface area contributed by atoms with Gasteiger partial charge in [-0.1, -0.05) is 13.3 Å². The molecule has 0 aliphatic heterocycles. The van der Waals surface area contributed by atoms with Crippen LogP contribution in [-0.2, 0) is 11.3 Å². The van der Waals surface area contributed by atoms with Gasteiger partial charge in [-0.2, -0.15) is 0 Å². The maximum Gasteiger partial charge on any atom is 0.0945 e. The summed E-state index contributed by atoms with van der Waals surface area (Å²) in [6, 6.07) is 0.498. The number of aromatic nitrogens is 2. The van der Waals surface area contributed by atoms with Crippen molar-refractivity contribution in [2.24, 2.45) is 0 Å². The summed E-state index contributed by atoms with van der Waals surface area (Å²) in [4.78, 5) is 4.02. The Hall–Kier alpha value is -0.870. The first kappa shape index (κ1) is 13.2. The molecular formula is C12H23N3O. The Labute approximate surface area is 98.0 Å². The first-order chi connectivity index (χ1) is 7.86. The van der Waals surface area contributed by atoms with Crippen molar-refractivity contribution in [3.8, 4) is 0 Å². The van der Waals surface area contributed by atoms with Crippen molar-refractivity contribution in [3.63, 3.8) is 0 Å². The second kappa shape index (κ2) is 8.30. The summed E-state index contributed by atoms with van der Waals surface area (Å²) in [5.74, 6) is 0. The van der Waals surface area contributed by atoms with Gasteiger partial charge in [-0.05, 0) is 19.4 Å². The standard InChI is InChI=1S/C12H23N3O/c1-3-5-12(10-16-2)14-6-4-8-15-9-7-13-11-15/h7,9,11-12,14H,3-6,8,10H2,1-2H3. The Bertz CT molecular complexity index is 243. The lowest BCUT2D eigenvalue weighted by Gasteiger charge is -2.17. The molecule has 0 aliphatic rings. The normalized spacial score (nSPS) is 12.9. The minimum Gasteiger partial charge on any atom is -0.383 e. The Morgan fingerprint density at radius 3 is 3.00 bits per heavy atom. The summed E-state index contributed by atoms with van der Waals surface area (Å²) in [6.45, 7) is 5.07. The third-order valence-electron chi connectivity index (χ3n) is 2.59. The third kappa shape index (κ3) is 5.28. The van der Waals surface area contributed by atoms with E-state index < -0.39 is 0 Å². The summed E-state index contributed by atoms with van der Waals surface area (Å²) in [5.41, 5.74) is 0. The van der Waals surface area contributed by atoms with E-state index in [1.165, 1.54) is 12.8 Å². The summed E-state index contributed by atoms with van der Waals surface area (Å²) < 4.78 is 7.29. The van der Waals surface area contributed by atoms with Gasteiger partial charge >= 0.3 is 0 Å². The Morgan fingerprint density at radius 2 is 2.38 bits per heavy atom. The second-order valence-corrected chi connectivity index (χ2v) is 4.05. The van der Waals surface area contributed by atoms with Crippen molar-refractivity contribution in [3.05, 3.63) is 18.7 Å². The van der Waals surface area contributed by atoms with Crippen LogP contribution in [0.2, 0.25) is 0 Å². The molecule has 0 spiro atoms. The molecule has 0 fully saturated rings. The van der Waals surface area contributed by atoms with Crippen LogP contribution in [0.3, 0.4) is 0 Å². The summed E-state index contributed by atoms with van der Waals surface area (Å²) >= 11 is 0. The van der Waals surface area contributed by atoms with E-state index in [1.54, 1.807) is 7.11 Å². The maximum atomic E-state index is 5.18. The summed E-state index contributed by atoms with van der Waals surface area (Å²) in [6.07, 6.45) is 9.18. The molecule has 16 heavy (non-hydrogen) atoms. The average Bonchev–Trinajstić information content (AvgIpc) is 2.78. The van der Waals surface area contributed by atoms with E-state index in [1.807, 2.05) is 18.7 Å². The molecule has 0 radical (unpaired) electrons. The number of ether oxygens (including phenoxy) is 1. The highest BCUT2D eigenvalue weighted by Crippen LogP contribution is 1.97. The van der Waals surface area contributed by atoms with Crippen molar-refractivity contribution >= 4 is 0 Å². The van der Waals surface area contributed by atoms with Gasteiger partial charge in [-0.3, -0.25) is 0 Å². The van der Waals surface area contributed by atoms with Gasteiger partial charge in [0.05, 0.1) is 12.9 Å². The molecule has 1 N–H and O–H groups in total.